The van der Waals surface area contributed by atoms with Gasteiger partial charge in [-0.3, -0.25) is 0 Å². The maximum atomic E-state index is 10.7. The van der Waals surface area contributed by atoms with Gasteiger partial charge in [-0.1, -0.05) is 0 Å². The molecule has 0 fully saturated rings. The Bertz CT molecular complexity index is 135. The lowest BCUT2D eigenvalue weighted by Gasteiger charge is -2.04. The van der Waals surface area contributed by atoms with Crippen LogP contribution in [0.25, 0.3) is 0 Å². The first-order valence-electron chi connectivity index (χ1n) is 4.32. The van der Waals surface area contributed by atoms with Gasteiger partial charge in [0.2, 0.25) is 0 Å². The number of ether oxygens (including phenoxy) is 3. The molecule has 0 spiro atoms. The Morgan fingerprint density at radius 3 is 2.43 bits per heavy atom. The van der Waals surface area contributed by atoms with Crippen LogP contribution >= 0.6 is 12.4 Å². The summed E-state index contributed by atoms with van der Waals surface area (Å²) in [6, 6.07) is 0. The highest BCUT2D eigenvalue weighted by Crippen LogP contribution is 1.82. The van der Waals surface area contributed by atoms with Gasteiger partial charge in [0.25, 0.3) is 0 Å². The van der Waals surface area contributed by atoms with Crippen LogP contribution in [-0.2, 0) is 19.0 Å². The number of carbonyl (C=O) groups excluding carboxylic acids is 1. The third-order valence-electron chi connectivity index (χ3n) is 1.16. The minimum absolute atomic E-state index is 0. The molecule has 0 amide bonds. The van der Waals surface area contributed by atoms with Crippen molar-refractivity contribution in [1.29, 1.82) is 0 Å². The van der Waals surface area contributed by atoms with Gasteiger partial charge in [-0.2, -0.15) is 0 Å². The highest BCUT2D eigenvalue weighted by Gasteiger charge is 1.99. The summed E-state index contributed by atoms with van der Waals surface area (Å²) in [6.45, 7) is 3.98. The van der Waals surface area contributed by atoms with Gasteiger partial charge in [0, 0.05) is 6.54 Å². The lowest BCUT2D eigenvalue weighted by atomic mass is 10.7. The van der Waals surface area contributed by atoms with E-state index in [1.165, 1.54) is 0 Å². The molecule has 0 heterocycles. The Labute approximate surface area is 90.3 Å². The summed E-state index contributed by atoms with van der Waals surface area (Å²) in [4.78, 5) is 10.7. The summed E-state index contributed by atoms with van der Waals surface area (Å²) < 4.78 is 14.6. The van der Waals surface area contributed by atoms with Crippen molar-refractivity contribution < 1.29 is 19.0 Å². The van der Waals surface area contributed by atoms with Crippen molar-refractivity contribution in [1.82, 2.24) is 0 Å². The van der Waals surface area contributed by atoms with Crippen LogP contribution in [0.2, 0.25) is 0 Å². The van der Waals surface area contributed by atoms with Gasteiger partial charge in [-0.15, -0.1) is 12.4 Å². The van der Waals surface area contributed by atoms with Gasteiger partial charge in [-0.05, 0) is 6.92 Å². The zero-order valence-corrected chi connectivity index (χ0v) is 9.18. The smallest absolute Gasteiger partial charge is 0.332 e. The Kier molecular flexibility index (Phi) is 14.5. The van der Waals surface area contributed by atoms with E-state index in [1.807, 2.05) is 0 Å². The van der Waals surface area contributed by atoms with Gasteiger partial charge in [0.05, 0.1) is 26.4 Å². The summed E-state index contributed by atoms with van der Waals surface area (Å²) in [6.07, 6.45) is 0. The Hall–Kier alpha value is -0.360. The molecule has 0 aromatic heterocycles. The van der Waals surface area contributed by atoms with Crippen LogP contribution < -0.4 is 5.73 Å². The summed E-state index contributed by atoms with van der Waals surface area (Å²) in [5, 5.41) is 0. The summed E-state index contributed by atoms with van der Waals surface area (Å²) in [5.74, 6) is -0.346. The van der Waals surface area contributed by atoms with Crippen molar-refractivity contribution in [2.75, 3.05) is 39.6 Å². The second-order valence-electron chi connectivity index (χ2n) is 2.26. The highest BCUT2D eigenvalue weighted by atomic mass is 35.5. The average molecular weight is 228 g/mol. The molecular formula is C8H18ClNO4. The van der Waals surface area contributed by atoms with Gasteiger partial charge in [0.15, 0.2) is 0 Å². The molecule has 0 unspecified atom stereocenters. The van der Waals surface area contributed by atoms with E-state index in [2.05, 4.69) is 4.74 Å². The van der Waals surface area contributed by atoms with Crippen molar-refractivity contribution in [2.45, 2.75) is 6.92 Å². The normalized spacial score (nSPS) is 9.29. The van der Waals surface area contributed by atoms with Gasteiger partial charge in [0.1, 0.15) is 6.61 Å². The Morgan fingerprint density at radius 2 is 1.86 bits per heavy atom. The zero-order valence-electron chi connectivity index (χ0n) is 8.36. The minimum atomic E-state index is -0.346. The van der Waals surface area contributed by atoms with E-state index in [1.54, 1.807) is 6.92 Å². The van der Waals surface area contributed by atoms with Crippen LogP contribution in [0.1, 0.15) is 6.92 Å². The SMILES string of the molecule is CCOC(=O)COCCOCCN.Cl. The quantitative estimate of drug-likeness (QED) is 0.466. The number of carbonyl (C=O) groups is 1. The van der Waals surface area contributed by atoms with Crippen LogP contribution in [0.3, 0.4) is 0 Å². The van der Waals surface area contributed by atoms with Crippen molar-refractivity contribution in [3.05, 3.63) is 0 Å². The molecule has 0 radical (unpaired) electrons. The third kappa shape index (κ3) is 11.6. The standard InChI is InChI=1S/C8H17NO4.ClH/c1-2-13-8(10)7-12-6-5-11-4-3-9;/h2-7,9H2,1H3;1H. The number of esters is 1. The first kappa shape index (κ1) is 16.1. The third-order valence-corrected chi connectivity index (χ3v) is 1.16. The van der Waals surface area contributed by atoms with Crippen LogP contribution in [0.5, 0.6) is 0 Å². The van der Waals surface area contributed by atoms with Crippen molar-refractivity contribution in [3.63, 3.8) is 0 Å². The fourth-order valence-electron chi connectivity index (χ4n) is 0.661. The Morgan fingerprint density at radius 1 is 1.21 bits per heavy atom. The van der Waals surface area contributed by atoms with Crippen LogP contribution in [0, 0.1) is 0 Å². The molecule has 0 aliphatic carbocycles. The molecule has 6 heteroatoms. The van der Waals surface area contributed by atoms with Gasteiger partial charge < -0.3 is 19.9 Å². The fourth-order valence-corrected chi connectivity index (χ4v) is 0.661. The highest BCUT2D eigenvalue weighted by molar-refractivity contribution is 5.85. The van der Waals surface area contributed by atoms with Crippen LogP contribution in [0.4, 0.5) is 0 Å². The average Bonchev–Trinajstić information content (AvgIpc) is 2.11. The molecule has 5 nitrogen and oxygen atoms in total. The zero-order chi connectivity index (χ0) is 9.94. The molecule has 0 aromatic carbocycles. The summed E-state index contributed by atoms with van der Waals surface area (Å²) in [5.41, 5.74) is 5.19. The first-order chi connectivity index (χ1) is 6.31. The van der Waals surface area contributed by atoms with Crippen molar-refractivity contribution >= 4 is 18.4 Å². The molecule has 0 aliphatic rings. The van der Waals surface area contributed by atoms with Crippen molar-refractivity contribution in [3.8, 4) is 0 Å². The molecule has 14 heavy (non-hydrogen) atoms. The monoisotopic (exact) mass is 227 g/mol. The van der Waals surface area contributed by atoms with Gasteiger partial charge in [-0.25, -0.2) is 4.79 Å². The molecule has 0 rings (SSSR count). The molecule has 0 bridgehead atoms. The number of nitrogens with two attached hydrogens (primary N) is 1. The predicted octanol–water partition coefficient (Wildman–Crippen LogP) is -0.0368. The van der Waals surface area contributed by atoms with E-state index in [-0.39, 0.29) is 25.0 Å². The topological polar surface area (TPSA) is 70.8 Å². The number of hydrogen-bond acceptors (Lipinski definition) is 5. The molecule has 0 aromatic rings. The maximum absolute atomic E-state index is 10.7. The van der Waals surface area contributed by atoms with Crippen LogP contribution in [-0.4, -0.2) is 45.5 Å². The van der Waals surface area contributed by atoms with E-state index in [9.17, 15) is 4.79 Å². The molecule has 0 saturated heterocycles. The second kappa shape index (κ2) is 12.6. The number of halogens is 1. The fraction of sp³-hybridized carbons (Fsp3) is 0.875. The maximum Gasteiger partial charge on any atom is 0.332 e. The number of hydrogen-bond donors (Lipinski definition) is 1. The summed E-state index contributed by atoms with van der Waals surface area (Å²) >= 11 is 0. The van der Waals surface area contributed by atoms with Crippen LogP contribution in [0.15, 0.2) is 0 Å². The Balaban J connectivity index is 0. The van der Waals surface area contributed by atoms with E-state index in [0.29, 0.717) is 33.0 Å². The molecule has 0 saturated carbocycles. The molecular weight excluding hydrogens is 210 g/mol. The first-order valence-corrected chi connectivity index (χ1v) is 4.32. The minimum Gasteiger partial charge on any atom is -0.464 e. The molecule has 0 atom stereocenters. The molecule has 86 valence electrons. The molecule has 0 aliphatic heterocycles. The second-order valence-corrected chi connectivity index (χ2v) is 2.26. The largest absolute Gasteiger partial charge is 0.464 e. The van der Waals surface area contributed by atoms with Gasteiger partial charge >= 0.3 is 5.97 Å². The van der Waals surface area contributed by atoms with E-state index in [4.69, 9.17) is 15.2 Å². The number of rotatable bonds is 8. The lowest BCUT2D eigenvalue weighted by Crippen LogP contribution is -2.16. The molecule has 2 N–H and O–H groups in total. The summed E-state index contributed by atoms with van der Waals surface area (Å²) in [7, 11) is 0. The van der Waals surface area contributed by atoms with E-state index in [0.717, 1.165) is 0 Å². The van der Waals surface area contributed by atoms with Crippen molar-refractivity contribution in [2.24, 2.45) is 5.73 Å². The van der Waals surface area contributed by atoms with E-state index < -0.39 is 0 Å². The lowest BCUT2D eigenvalue weighted by molar-refractivity contribution is -0.148. The predicted molar refractivity (Wildman–Crippen MR) is 54.6 cm³/mol. The van der Waals surface area contributed by atoms with E-state index >= 15 is 0 Å².